The fraction of sp³-hybridized carbons (Fsp3) is 0.638. The summed E-state index contributed by atoms with van der Waals surface area (Å²) in [7, 11) is 0. The average Bonchev–Trinajstić information content (AvgIpc) is 3.13. The molecule has 0 bridgehead atoms. The highest BCUT2D eigenvalue weighted by molar-refractivity contribution is 5.87. The standard InChI is InChI=1S/C22H37N3O.C16H22O.C7H16.C2H6/c1-8-11-19(7)24-25-22(23-15-18(6)17(5)9-2)20-14-16(4)12-13-21(20)26-10-3;1-11-6-7-14(13(3)12(11)2)10-15(17)16(4)8-5-9-16;1-4-7(5-2)6-3;1-2/h12-15,17,22-25H,7-11H2,1-6H3;6-7H,5,8-10H2,1-4H3;7H,4-6H2,1-3H3;1-2H3/b18-15+;;;. The summed E-state index contributed by atoms with van der Waals surface area (Å²) in [5.74, 6) is 2.85. The maximum absolute atomic E-state index is 12.3. The van der Waals surface area contributed by atoms with Crippen molar-refractivity contribution in [1.29, 1.82) is 0 Å². The molecule has 1 aliphatic rings. The summed E-state index contributed by atoms with van der Waals surface area (Å²) in [4.78, 5) is 12.3. The van der Waals surface area contributed by atoms with Gasteiger partial charge in [-0.15, -0.1) is 0 Å². The highest BCUT2D eigenvalue weighted by atomic mass is 16.5. The predicted octanol–water partition coefficient (Wildman–Crippen LogP) is 13.1. The number of allylic oxidation sites excluding steroid dienone is 2. The summed E-state index contributed by atoms with van der Waals surface area (Å²) in [5.41, 5.74) is 16.3. The van der Waals surface area contributed by atoms with E-state index in [1.165, 1.54) is 59.1 Å². The predicted molar refractivity (Wildman–Crippen MR) is 229 cm³/mol. The molecule has 52 heavy (non-hydrogen) atoms. The fourth-order valence-electron chi connectivity index (χ4n) is 6.05. The number of carbonyl (C=O) groups is 1. The number of rotatable bonds is 18. The van der Waals surface area contributed by atoms with Crippen LogP contribution >= 0.6 is 0 Å². The number of nitrogens with one attached hydrogen (secondary N) is 3. The maximum atomic E-state index is 12.3. The van der Waals surface area contributed by atoms with Crippen molar-refractivity contribution in [2.24, 2.45) is 17.3 Å². The Morgan fingerprint density at radius 3 is 2.02 bits per heavy atom. The van der Waals surface area contributed by atoms with Gasteiger partial charge in [-0.3, -0.25) is 4.79 Å². The highest BCUT2D eigenvalue weighted by Gasteiger charge is 2.38. The molecule has 0 aromatic heterocycles. The number of ketones is 1. The summed E-state index contributed by atoms with van der Waals surface area (Å²) in [6.45, 7) is 36.9. The number of hydrogen-bond donors (Lipinski definition) is 3. The van der Waals surface area contributed by atoms with E-state index in [1.807, 2.05) is 26.8 Å². The van der Waals surface area contributed by atoms with Crippen LogP contribution < -0.4 is 20.9 Å². The van der Waals surface area contributed by atoms with Crippen LogP contribution in [0.25, 0.3) is 0 Å². The number of Topliss-reactive ketones (excluding diaryl/α,β-unsaturated/α-hetero) is 1. The molecular formula is C47H81N3O2. The van der Waals surface area contributed by atoms with Gasteiger partial charge in [-0.1, -0.05) is 130 Å². The smallest absolute Gasteiger partial charge is 0.143 e. The number of carbonyl (C=O) groups excluding carboxylic acids is 1. The van der Waals surface area contributed by atoms with E-state index < -0.39 is 0 Å². The molecule has 0 spiro atoms. The quantitative estimate of drug-likeness (QED) is 0.106. The molecule has 2 aromatic rings. The van der Waals surface area contributed by atoms with E-state index in [0.29, 0.717) is 24.7 Å². The van der Waals surface area contributed by atoms with Crippen molar-refractivity contribution in [1.82, 2.24) is 16.2 Å². The van der Waals surface area contributed by atoms with Crippen molar-refractivity contribution >= 4 is 5.78 Å². The van der Waals surface area contributed by atoms with Crippen LogP contribution in [-0.2, 0) is 11.2 Å². The molecule has 0 aliphatic heterocycles. The Hall–Kier alpha value is -3.05. The Balaban J connectivity index is 0.000000850. The van der Waals surface area contributed by atoms with Crippen LogP contribution in [0.1, 0.15) is 173 Å². The Labute approximate surface area is 322 Å². The Morgan fingerprint density at radius 2 is 1.54 bits per heavy atom. The molecule has 0 heterocycles. The van der Waals surface area contributed by atoms with Crippen molar-refractivity contribution in [3.63, 3.8) is 0 Å². The van der Waals surface area contributed by atoms with Crippen molar-refractivity contribution in [2.75, 3.05) is 6.61 Å². The largest absolute Gasteiger partial charge is 0.493 e. The second-order valence-electron chi connectivity index (χ2n) is 14.8. The molecule has 3 rings (SSSR count). The minimum atomic E-state index is -0.121. The first-order valence-electron chi connectivity index (χ1n) is 20.7. The van der Waals surface area contributed by atoms with Crippen molar-refractivity contribution in [3.8, 4) is 5.75 Å². The van der Waals surface area contributed by atoms with Crippen molar-refractivity contribution < 1.29 is 9.53 Å². The number of aryl methyl sites for hydroxylation is 2. The van der Waals surface area contributed by atoms with Gasteiger partial charge in [0.1, 0.15) is 17.7 Å². The van der Waals surface area contributed by atoms with E-state index in [9.17, 15) is 4.79 Å². The Kier molecular flexibility index (Phi) is 25.1. The van der Waals surface area contributed by atoms with Crippen LogP contribution in [0.5, 0.6) is 5.75 Å². The van der Waals surface area contributed by atoms with Crippen LogP contribution in [0.3, 0.4) is 0 Å². The lowest BCUT2D eigenvalue weighted by molar-refractivity contribution is -0.131. The van der Waals surface area contributed by atoms with Gasteiger partial charge in [0, 0.05) is 23.1 Å². The molecular weight excluding hydrogens is 639 g/mol. The topological polar surface area (TPSA) is 62.4 Å². The average molecular weight is 720 g/mol. The second-order valence-corrected chi connectivity index (χ2v) is 14.8. The summed E-state index contributed by atoms with van der Waals surface area (Å²) < 4.78 is 5.85. The van der Waals surface area contributed by atoms with Gasteiger partial charge in [0.15, 0.2) is 0 Å². The lowest BCUT2D eigenvalue weighted by atomic mass is 9.66. The molecule has 2 atom stereocenters. The normalized spacial score (nSPS) is 14.2. The molecule has 5 heteroatoms. The summed E-state index contributed by atoms with van der Waals surface area (Å²) in [5, 5.41) is 3.52. The molecule has 296 valence electrons. The third-order valence-electron chi connectivity index (χ3n) is 11.0. The molecule has 0 saturated heterocycles. The number of hydrazine groups is 1. The molecule has 3 N–H and O–H groups in total. The van der Waals surface area contributed by atoms with Gasteiger partial charge in [-0.05, 0) is 120 Å². The number of hydrogen-bond acceptors (Lipinski definition) is 5. The number of benzene rings is 2. The van der Waals surface area contributed by atoms with Crippen molar-refractivity contribution in [3.05, 3.63) is 87.8 Å². The van der Waals surface area contributed by atoms with Gasteiger partial charge in [0.2, 0.25) is 0 Å². The molecule has 0 amide bonds. The SMILES string of the molecule is C=C(CCC)NNC(N/C=C(\C)C(C)CC)c1cc(C)ccc1OCC.CC.CCC(CC)CC.Cc1ccc(CC(=O)C2(C)CCC2)c(C)c1C. The minimum Gasteiger partial charge on any atom is -0.493 e. The van der Waals surface area contributed by atoms with Gasteiger partial charge >= 0.3 is 0 Å². The van der Waals surface area contributed by atoms with Crippen LogP contribution in [0.15, 0.2) is 54.4 Å². The first kappa shape index (κ1) is 49.0. The third-order valence-corrected chi connectivity index (χ3v) is 11.0. The Bertz CT molecular complexity index is 1330. The molecule has 1 aliphatic carbocycles. The molecule has 1 fully saturated rings. The van der Waals surface area contributed by atoms with Gasteiger partial charge < -0.3 is 15.5 Å². The summed E-state index contributed by atoms with van der Waals surface area (Å²) in [6.07, 6.45) is 13.2. The van der Waals surface area contributed by atoms with Crippen LogP contribution in [0.2, 0.25) is 0 Å². The van der Waals surface area contributed by atoms with Gasteiger partial charge in [0.05, 0.1) is 6.61 Å². The third kappa shape index (κ3) is 16.7. The maximum Gasteiger partial charge on any atom is 0.143 e. The summed E-state index contributed by atoms with van der Waals surface area (Å²) in [6, 6.07) is 10.5. The molecule has 2 unspecified atom stereocenters. The van der Waals surface area contributed by atoms with Crippen LogP contribution in [0, 0.1) is 44.9 Å². The zero-order valence-corrected chi connectivity index (χ0v) is 36.5. The van der Waals surface area contributed by atoms with Crippen LogP contribution in [-0.4, -0.2) is 12.4 Å². The summed E-state index contributed by atoms with van der Waals surface area (Å²) >= 11 is 0. The first-order valence-corrected chi connectivity index (χ1v) is 20.7. The van der Waals surface area contributed by atoms with E-state index >= 15 is 0 Å². The Morgan fingerprint density at radius 1 is 0.923 bits per heavy atom. The van der Waals surface area contributed by atoms with Gasteiger partial charge in [-0.25, -0.2) is 5.43 Å². The monoisotopic (exact) mass is 720 g/mol. The lowest BCUT2D eigenvalue weighted by Gasteiger charge is -2.37. The van der Waals surface area contributed by atoms with E-state index in [4.69, 9.17) is 4.74 Å². The van der Waals surface area contributed by atoms with Gasteiger partial charge in [-0.2, -0.15) is 0 Å². The van der Waals surface area contributed by atoms with Gasteiger partial charge in [0.25, 0.3) is 0 Å². The molecule has 2 aromatic carbocycles. The fourth-order valence-corrected chi connectivity index (χ4v) is 6.05. The zero-order valence-electron chi connectivity index (χ0n) is 36.5. The number of ether oxygens (including phenoxy) is 1. The van der Waals surface area contributed by atoms with E-state index in [2.05, 4.69) is 136 Å². The lowest BCUT2D eigenvalue weighted by Crippen LogP contribution is -2.40. The van der Waals surface area contributed by atoms with Crippen molar-refractivity contribution in [2.45, 2.75) is 174 Å². The molecule has 0 radical (unpaired) electrons. The first-order chi connectivity index (χ1) is 24.7. The van der Waals surface area contributed by atoms with E-state index in [-0.39, 0.29) is 11.6 Å². The molecule has 1 saturated carbocycles. The van der Waals surface area contributed by atoms with E-state index in [1.54, 1.807) is 0 Å². The highest BCUT2D eigenvalue weighted by Crippen LogP contribution is 2.42. The zero-order chi connectivity index (χ0) is 39.9. The second kappa shape index (κ2) is 26.7. The van der Waals surface area contributed by atoms with Crippen LogP contribution in [0.4, 0.5) is 0 Å². The minimum absolute atomic E-state index is 0.0226. The molecule has 5 nitrogen and oxygen atoms in total. The van der Waals surface area contributed by atoms with E-state index in [0.717, 1.165) is 55.0 Å².